The second-order valence-electron chi connectivity index (χ2n) is 5.32. The molecule has 0 aromatic heterocycles. The van der Waals surface area contributed by atoms with E-state index in [0.717, 1.165) is 13.0 Å². The molecule has 0 aliphatic carbocycles. The smallest absolute Gasteiger partial charge is 0.152 e. The lowest BCUT2D eigenvalue weighted by Gasteiger charge is -2.24. The van der Waals surface area contributed by atoms with E-state index in [1.54, 1.807) is 0 Å². The highest BCUT2D eigenvalue weighted by Crippen LogP contribution is 2.21. The third kappa shape index (κ3) is 4.31. The van der Waals surface area contributed by atoms with Crippen LogP contribution in [0, 0.1) is 5.41 Å². The van der Waals surface area contributed by atoms with Crippen molar-refractivity contribution in [2.45, 2.75) is 33.7 Å². The lowest BCUT2D eigenvalue weighted by Crippen LogP contribution is -2.34. The summed E-state index contributed by atoms with van der Waals surface area (Å²) in [7, 11) is 2.00. The molecule has 1 aromatic carbocycles. The van der Waals surface area contributed by atoms with Crippen LogP contribution >= 0.6 is 0 Å². The molecule has 0 aliphatic rings. The Hall–Kier alpha value is -1.15. The van der Waals surface area contributed by atoms with Gasteiger partial charge in [-0.2, -0.15) is 0 Å². The molecule has 0 saturated carbocycles. The molecule has 0 saturated heterocycles. The van der Waals surface area contributed by atoms with Crippen LogP contribution in [0.3, 0.4) is 0 Å². The third-order valence-corrected chi connectivity index (χ3v) is 3.35. The van der Waals surface area contributed by atoms with E-state index < -0.39 is 0 Å². The number of Topliss-reactive ketones (excluding diaryl/α,β-unsaturated/α-hetero) is 1. The molecule has 0 heterocycles. The molecule has 0 radical (unpaired) electrons. The minimum Gasteiger partial charge on any atom is -0.298 e. The first-order valence-corrected chi connectivity index (χ1v) is 6.21. The maximum Gasteiger partial charge on any atom is 0.152 e. The minimum absolute atomic E-state index is 0.203. The fourth-order valence-electron chi connectivity index (χ4n) is 1.61. The summed E-state index contributed by atoms with van der Waals surface area (Å²) in [4.78, 5) is 14.1. The van der Waals surface area contributed by atoms with Crippen molar-refractivity contribution in [3.63, 3.8) is 0 Å². The quantitative estimate of drug-likeness (QED) is 0.752. The number of nitrogens with zero attached hydrogens (tertiary/aromatic N) is 1. The van der Waals surface area contributed by atoms with Gasteiger partial charge in [-0.1, -0.05) is 51.1 Å². The largest absolute Gasteiger partial charge is 0.298 e. The van der Waals surface area contributed by atoms with E-state index in [2.05, 4.69) is 24.0 Å². The van der Waals surface area contributed by atoms with E-state index in [1.807, 2.05) is 39.1 Å². The molecule has 2 nitrogen and oxygen atoms in total. The second kappa shape index (κ2) is 5.97. The van der Waals surface area contributed by atoms with Gasteiger partial charge in [0.15, 0.2) is 5.78 Å². The Morgan fingerprint density at radius 1 is 1.24 bits per heavy atom. The number of hydrogen-bond donors (Lipinski definition) is 0. The van der Waals surface area contributed by atoms with Gasteiger partial charge in [0.05, 0.1) is 6.54 Å². The van der Waals surface area contributed by atoms with Gasteiger partial charge in [0.25, 0.3) is 0 Å². The van der Waals surface area contributed by atoms with Crippen LogP contribution in [-0.4, -0.2) is 24.3 Å². The third-order valence-electron chi connectivity index (χ3n) is 3.35. The number of likely N-dealkylation sites (N-methyl/N-ethyl adjacent to an activating group) is 1. The van der Waals surface area contributed by atoms with Crippen molar-refractivity contribution in [2.75, 3.05) is 13.6 Å². The van der Waals surface area contributed by atoms with Crippen molar-refractivity contribution in [1.29, 1.82) is 0 Å². The summed E-state index contributed by atoms with van der Waals surface area (Å²) in [5.41, 5.74) is 1.04. The minimum atomic E-state index is -0.203. The van der Waals surface area contributed by atoms with Crippen LogP contribution in [0.2, 0.25) is 0 Å². The highest BCUT2D eigenvalue weighted by Gasteiger charge is 2.25. The van der Waals surface area contributed by atoms with Crippen LogP contribution in [0.1, 0.15) is 32.8 Å². The molecule has 0 unspecified atom stereocenters. The van der Waals surface area contributed by atoms with Crippen LogP contribution in [0.25, 0.3) is 0 Å². The molecule has 94 valence electrons. The summed E-state index contributed by atoms with van der Waals surface area (Å²) in [5, 5.41) is 0. The zero-order chi connectivity index (χ0) is 12.9. The molecule has 2 heteroatoms. The molecule has 1 rings (SSSR count). The Balaban J connectivity index is 2.51. The van der Waals surface area contributed by atoms with E-state index in [4.69, 9.17) is 0 Å². The van der Waals surface area contributed by atoms with Crippen molar-refractivity contribution in [3.8, 4) is 0 Å². The lowest BCUT2D eigenvalue weighted by molar-refractivity contribution is -0.128. The lowest BCUT2D eigenvalue weighted by atomic mass is 9.85. The van der Waals surface area contributed by atoms with Crippen LogP contribution < -0.4 is 0 Å². The van der Waals surface area contributed by atoms with Crippen molar-refractivity contribution < 1.29 is 4.79 Å². The van der Waals surface area contributed by atoms with E-state index >= 15 is 0 Å². The highest BCUT2D eigenvalue weighted by molar-refractivity contribution is 5.85. The van der Waals surface area contributed by atoms with Gasteiger partial charge in [-0.15, -0.1) is 0 Å². The monoisotopic (exact) mass is 233 g/mol. The summed E-state index contributed by atoms with van der Waals surface area (Å²) >= 11 is 0. The summed E-state index contributed by atoms with van der Waals surface area (Å²) in [5.74, 6) is 0.318. The van der Waals surface area contributed by atoms with Crippen molar-refractivity contribution in [2.24, 2.45) is 5.41 Å². The number of carbonyl (C=O) groups is 1. The van der Waals surface area contributed by atoms with E-state index in [9.17, 15) is 4.79 Å². The van der Waals surface area contributed by atoms with Gasteiger partial charge in [0, 0.05) is 12.0 Å². The van der Waals surface area contributed by atoms with E-state index in [-0.39, 0.29) is 5.41 Å². The molecule has 1 aromatic rings. The first kappa shape index (κ1) is 13.9. The zero-order valence-corrected chi connectivity index (χ0v) is 11.4. The molecule has 17 heavy (non-hydrogen) atoms. The summed E-state index contributed by atoms with van der Waals surface area (Å²) in [6, 6.07) is 10.2. The average molecular weight is 233 g/mol. The zero-order valence-electron chi connectivity index (χ0n) is 11.4. The predicted molar refractivity (Wildman–Crippen MR) is 71.9 cm³/mol. The number of carbonyl (C=O) groups excluding carboxylic acids is 1. The van der Waals surface area contributed by atoms with Gasteiger partial charge >= 0.3 is 0 Å². The number of rotatable bonds is 6. The molecule has 0 aliphatic heterocycles. The normalized spacial score (nSPS) is 11.8. The number of ketones is 1. The molecular weight excluding hydrogens is 210 g/mol. The average Bonchev–Trinajstić information content (AvgIpc) is 2.30. The standard InChI is InChI=1S/C15H23NO/c1-5-15(2,3)14(17)12-16(4)11-13-9-7-6-8-10-13/h6-10H,5,11-12H2,1-4H3. The van der Waals surface area contributed by atoms with E-state index in [1.165, 1.54) is 5.56 Å². The Morgan fingerprint density at radius 2 is 1.82 bits per heavy atom. The predicted octanol–water partition coefficient (Wildman–Crippen LogP) is 3.12. The van der Waals surface area contributed by atoms with Gasteiger partial charge in [-0.25, -0.2) is 0 Å². The summed E-state index contributed by atoms with van der Waals surface area (Å²) < 4.78 is 0. The Labute approximate surface area is 105 Å². The molecule has 0 N–H and O–H groups in total. The highest BCUT2D eigenvalue weighted by atomic mass is 16.1. The van der Waals surface area contributed by atoms with Gasteiger partial charge in [-0.05, 0) is 19.0 Å². The maximum absolute atomic E-state index is 12.1. The Bertz CT molecular complexity index is 356. The van der Waals surface area contributed by atoms with Gasteiger partial charge in [-0.3, -0.25) is 9.69 Å². The molecule has 0 amide bonds. The Kier molecular flexibility index (Phi) is 4.88. The molecule has 0 bridgehead atoms. The van der Waals surface area contributed by atoms with Gasteiger partial charge < -0.3 is 0 Å². The molecule has 0 spiro atoms. The molecular formula is C15H23NO. The summed E-state index contributed by atoms with van der Waals surface area (Å²) in [6.07, 6.45) is 0.894. The van der Waals surface area contributed by atoms with Crippen molar-refractivity contribution in [1.82, 2.24) is 4.90 Å². The fraction of sp³-hybridized carbons (Fsp3) is 0.533. The topological polar surface area (TPSA) is 20.3 Å². The van der Waals surface area contributed by atoms with E-state index in [0.29, 0.717) is 12.3 Å². The number of benzene rings is 1. The molecule has 0 fully saturated rings. The maximum atomic E-state index is 12.1. The fourth-order valence-corrected chi connectivity index (χ4v) is 1.61. The first-order chi connectivity index (χ1) is 7.95. The first-order valence-electron chi connectivity index (χ1n) is 6.21. The molecule has 0 atom stereocenters. The summed E-state index contributed by atoms with van der Waals surface area (Å²) in [6.45, 7) is 7.45. The second-order valence-corrected chi connectivity index (χ2v) is 5.32. The van der Waals surface area contributed by atoms with Crippen LogP contribution in [0.15, 0.2) is 30.3 Å². The van der Waals surface area contributed by atoms with Crippen LogP contribution in [0.4, 0.5) is 0 Å². The number of hydrogen-bond acceptors (Lipinski definition) is 2. The van der Waals surface area contributed by atoms with Crippen molar-refractivity contribution in [3.05, 3.63) is 35.9 Å². The SMILES string of the molecule is CCC(C)(C)C(=O)CN(C)Cc1ccccc1. The van der Waals surface area contributed by atoms with Crippen molar-refractivity contribution >= 4 is 5.78 Å². The van der Waals surface area contributed by atoms with Crippen LogP contribution in [0.5, 0.6) is 0 Å². The Morgan fingerprint density at radius 3 is 2.35 bits per heavy atom. The van der Waals surface area contributed by atoms with Gasteiger partial charge in [0.1, 0.15) is 0 Å². The van der Waals surface area contributed by atoms with Crippen LogP contribution in [-0.2, 0) is 11.3 Å². The van der Waals surface area contributed by atoms with Gasteiger partial charge in [0.2, 0.25) is 0 Å².